The Morgan fingerprint density at radius 3 is 2.70 bits per heavy atom. The summed E-state index contributed by atoms with van der Waals surface area (Å²) < 4.78 is 0. The zero-order chi connectivity index (χ0) is 14.4. The molecule has 0 bridgehead atoms. The predicted octanol–water partition coefficient (Wildman–Crippen LogP) is 2.34. The standard InChI is InChI=1S/C16H30N2O2/c1-2-3-5-14-8-15(17-9-13-6-4-7-13)11-18(10-14)12-16(19)20/h13-15,17H,2-12H2,1H3,(H,19,20). The van der Waals surface area contributed by atoms with Crippen LogP contribution in [-0.2, 0) is 4.79 Å². The van der Waals surface area contributed by atoms with Crippen LogP contribution >= 0.6 is 0 Å². The first kappa shape index (κ1) is 15.8. The number of hydrogen-bond donors (Lipinski definition) is 2. The molecule has 1 saturated heterocycles. The maximum absolute atomic E-state index is 11.0. The number of likely N-dealkylation sites (tertiary alicyclic amines) is 1. The smallest absolute Gasteiger partial charge is 0.317 e. The van der Waals surface area contributed by atoms with E-state index in [9.17, 15) is 4.79 Å². The fourth-order valence-electron chi connectivity index (χ4n) is 3.50. The van der Waals surface area contributed by atoms with Gasteiger partial charge in [0.25, 0.3) is 0 Å². The maximum atomic E-state index is 11.0. The fourth-order valence-corrected chi connectivity index (χ4v) is 3.50. The van der Waals surface area contributed by atoms with Crippen LogP contribution in [0.15, 0.2) is 0 Å². The zero-order valence-electron chi connectivity index (χ0n) is 12.8. The second-order valence-corrected chi connectivity index (χ2v) is 6.73. The third kappa shape index (κ3) is 5.06. The largest absolute Gasteiger partial charge is 0.480 e. The minimum atomic E-state index is -0.695. The number of carboxylic acids is 1. The van der Waals surface area contributed by atoms with Crippen LogP contribution in [0.2, 0.25) is 0 Å². The minimum Gasteiger partial charge on any atom is -0.480 e. The molecule has 0 radical (unpaired) electrons. The van der Waals surface area contributed by atoms with E-state index in [1.54, 1.807) is 0 Å². The first-order chi connectivity index (χ1) is 9.67. The van der Waals surface area contributed by atoms with Crippen molar-refractivity contribution in [3.8, 4) is 0 Å². The van der Waals surface area contributed by atoms with E-state index in [1.165, 1.54) is 44.9 Å². The molecule has 0 aromatic heterocycles. The van der Waals surface area contributed by atoms with Gasteiger partial charge in [0.2, 0.25) is 0 Å². The van der Waals surface area contributed by atoms with E-state index in [1.807, 2.05) is 0 Å². The average Bonchev–Trinajstić information content (AvgIpc) is 2.33. The molecule has 4 heteroatoms. The summed E-state index contributed by atoms with van der Waals surface area (Å²) in [7, 11) is 0. The van der Waals surface area contributed by atoms with Crippen LogP contribution in [0.4, 0.5) is 0 Å². The van der Waals surface area contributed by atoms with Crippen molar-refractivity contribution in [2.24, 2.45) is 11.8 Å². The van der Waals surface area contributed by atoms with E-state index >= 15 is 0 Å². The molecule has 2 rings (SSSR count). The van der Waals surface area contributed by atoms with Gasteiger partial charge in [-0.1, -0.05) is 26.2 Å². The van der Waals surface area contributed by atoms with Crippen molar-refractivity contribution in [2.45, 2.75) is 57.9 Å². The van der Waals surface area contributed by atoms with Crippen LogP contribution in [0.1, 0.15) is 51.9 Å². The summed E-state index contributed by atoms with van der Waals surface area (Å²) in [5, 5.41) is 12.7. The van der Waals surface area contributed by atoms with Crippen molar-refractivity contribution in [1.29, 1.82) is 0 Å². The monoisotopic (exact) mass is 282 g/mol. The average molecular weight is 282 g/mol. The molecule has 0 aromatic rings. The van der Waals surface area contributed by atoms with Gasteiger partial charge in [-0.25, -0.2) is 0 Å². The third-order valence-corrected chi connectivity index (χ3v) is 4.86. The van der Waals surface area contributed by atoms with E-state index in [0.717, 1.165) is 25.6 Å². The van der Waals surface area contributed by atoms with Gasteiger partial charge in [-0.15, -0.1) is 0 Å². The number of aliphatic carboxylic acids is 1. The number of rotatable bonds is 8. The summed E-state index contributed by atoms with van der Waals surface area (Å²) in [6, 6.07) is 0.491. The predicted molar refractivity (Wildman–Crippen MR) is 80.8 cm³/mol. The van der Waals surface area contributed by atoms with Crippen LogP contribution in [0.25, 0.3) is 0 Å². The van der Waals surface area contributed by atoms with E-state index in [2.05, 4.69) is 17.1 Å². The number of carboxylic acid groups (broad SMARTS) is 1. The van der Waals surface area contributed by atoms with Gasteiger partial charge in [-0.3, -0.25) is 9.69 Å². The van der Waals surface area contributed by atoms with Gasteiger partial charge in [0.1, 0.15) is 0 Å². The van der Waals surface area contributed by atoms with Crippen LogP contribution in [0.3, 0.4) is 0 Å². The summed E-state index contributed by atoms with van der Waals surface area (Å²) in [4.78, 5) is 13.1. The number of piperidine rings is 1. The molecule has 2 atom stereocenters. The van der Waals surface area contributed by atoms with Crippen molar-refractivity contribution in [1.82, 2.24) is 10.2 Å². The van der Waals surface area contributed by atoms with Gasteiger partial charge >= 0.3 is 5.97 Å². The minimum absolute atomic E-state index is 0.199. The number of unbranched alkanes of at least 4 members (excludes halogenated alkanes) is 1. The van der Waals surface area contributed by atoms with Gasteiger partial charge in [0.15, 0.2) is 0 Å². The Balaban J connectivity index is 1.79. The van der Waals surface area contributed by atoms with Crippen molar-refractivity contribution in [3.05, 3.63) is 0 Å². The first-order valence-electron chi connectivity index (χ1n) is 8.35. The number of nitrogens with zero attached hydrogens (tertiary/aromatic N) is 1. The zero-order valence-corrected chi connectivity index (χ0v) is 12.8. The number of hydrogen-bond acceptors (Lipinski definition) is 3. The molecule has 0 amide bonds. The molecule has 2 N–H and O–H groups in total. The van der Waals surface area contributed by atoms with Crippen LogP contribution in [0.5, 0.6) is 0 Å². The molecule has 0 aromatic carbocycles. The quantitative estimate of drug-likeness (QED) is 0.717. The molecular formula is C16H30N2O2. The summed E-state index contributed by atoms with van der Waals surface area (Å²) >= 11 is 0. The van der Waals surface area contributed by atoms with E-state index in [0.29, 0.717) is 12.0 Å². The normalized spacial score (nSPS) is 28.2. The SMILES string of the molecule is CCCCC1CC(NCC2CCC2)CN(CC(=O)O)C1. The van der Waals surface area contributed by atoms with Crippen LogP contribution in [-0.4, -0.2) is 48.2 Å². The lowest BCUT2D eigenvalue weighted by molar-refractivity contribution is -0.138. The van der Waals surface area contributed by atoms with Gasteiger partial charge < -0.3 is 10.4 Å². The topological polar surface area (TPSA) is 52.6 Å². The molecule has 1 aliphatic heterocycles. The van der Waals surface area contributed by atoms with Crippen LogP contribution < -0.4 is 5.32 Å². The fraction of sp³-hybridized carbons (Fsp3) is 0.938. The molecule has 2 fully saturated rings. The molecule has 20 heavy (non-hydrogen) atoms. The van der Waals surface area contributed by atoms with Gasteiger partial charge in [0.05, 0.1) is 6.54 Å². The summed E-state index contributed by atoms with van der Waals surface area (Å²) in [6.45, 7) is 5.43. The van der Waals surface area contributed by atoms with E-state index in [-0.39, 0.29) is 6.54 Å². The highest BCUT2D eigenvalue weighted by molar-refractivity contribution is 5.69. The number of nitrogens with one attached hydrogen (secondary N) is 1. The molecule has 2 unspecified atom stereocenters. The van der Waals surface area contributed by atoms with Crippen molar-refractivity contribution >= 4 is 5.97 Å². The Labute approximate surface area is 122 Å². The Kier molecular flexibility index (Phi) is 6.30. The lowest BCUT2D eigenvalue weighted by Gasteiger charge is -2.39. The van der Waals surface area contributed by atoms with Crippen molar-refractivity contribution < 1.29 is 9.90 Å². The Hall–Kier alpha value is -0.610. The first-order valence-corrected chi connectivity index (χ1v) is 8.35. The van der Waals surface area contributed by atoms with Crippen LogP contribution in [0, 0.1) is 11.8 Å². The molecule has 1 heterocycles. The molecule has 1 saturated carbocycles. The number of carbonyl (C=O) groups is 1. The summed E-state index contributed by atoms with van der Waals surface area (Å²) in [6.07, 6.45) is 9.10. The van der Waals surface area contributed by atoms with Gasteiger partial charge in [0, 0.05) is 19.1 Å². The van der Waals surface area contributed by atoms with Crippen molar-refractivity contribution in [3.63, 3.8) is 0 Å². The second kappa shape index (κ2) is 7.99. The maximum Gasteiger partial charge on any atom is 0.317 e. The second-order valence-electron chi connectivity index (χ2n) is 6.73. The third-order valence-electron chi connectivity index (χ3n) is 4.86. The highest BCUT2D eigenvalue weighted by Gasteiger charge is 2.28. The molecule has 0 spiro atoms. The highest BCUT2D eigenvalue weighted by Crippen LogP contribution is 2.27. The lowest BCUT2D eigenvalue weighted by atomic mass is 9.84. The lowest BCUT2D eigenvalue weighted by Crippen LogP contribution is -2.51. The Bertz CT molecular complexity index is 305. The molecule has 2 aliphatic rings. The van der Waals surface area contributed by atoms with E-state index < -0.39 is 5.97 Å². The molecule has 116 valence electrons. The van der Waals surface area contributed by atoms with Crippen molar-refractivity contribution in [2.75, 3.05) is 26.2 Å². The van der Waals surface area contributed by atoms with Gasteiger partial charge in [-0.05, 0) is 44.1 Å². The molecule has 1 aliphatic carbocycles. The Morgan fingerprint density at radius 2 is 2.10 bits per heavy atom. The molecule has 4 nitrogen and oxygen atoms in total. The molecular weight excluding hydrogens is 252 g/mol. The van der Waals surface area contributed by atoms with E-state index in [4.69, 9.17) is 5.11 Å². The highest BCUT2D eigenvalue weighted by atomic mass is 16.4. The van der Waals surface area contributed by atoms with Gasteiger partial charge in [-0.2, -0.15) is 0 Å². The summed E-state index contributed by atoms with van der Waals surface area (Å²) in [5.41, 5.74) is 0. The summed E-state index contributed by atoms with van der Waals surface area (Å²) in [5.74, 6) is 0.847. The Morgan fingerprint density at radius 1 is 1.30 bits per heavy atom.